The second-order valence-electron chi connectivity index (χ2n) is 7.69. The summed E-state index contributed by atoms with van der Waals surface area (Å²) in [6, 6.07) is 6.19. The van der Waals surface area contributed by atoms with E-state index in [1.54, 1.807) is 17.5 Å². The third-order valence-corrected chi connectivity index (χ3v) is 7.01. The van der Waals surface area contributed by atoms with Crippen LogP contribution in [-0.2, 0) is 11.3 Å². The third-order valence-electron chi connectivity index (χ3n) is 5.86. The van der Waals surface area contributed by atoms with Gasteiger partial charge in [-0.1, -0.05) is 6.07 Å². The zero-order chi connectivity index (χ0) is 18.9. The number of methoxy groups -OCH3 is 1. The molecule has 2 aromatic heterocycles. The minimum Gasteiger partial charge on any atom is -0.474 e. The lowest BCUT2D eigenvalue weighted by Gasteiger charge is -2.43. The first-order valence-electron chi connectivity index (χ1n) is 9.58. The molecule has 0 radical (unpaired) electrons. The van der Waals surface area contributed by atoms with E-state index in [1.165, 1.54) is 4.88 Å². The average Bonchev–Trinajstić information content (AvgIpc) is 3.29. The van der Waals surface area contributed by atoms with Gasteiger partial charge in [-0.2, -0.15) is 0 Å². The molecule has 0 spiro atoms. The van der Waals surface area contributed by atoms with Gasteiger partial charge in [-0.3, -0.25) is 4.90 Å². The Morgan fingerprint density at radius 3 is 2.89 bits per heavy atom. The molecular weight excluding hydrogens is 360 g/mol. The smallest absolute Gasteiger partial charge is 0.213 e. The van der Waals surface area contributed by atoms with Crippen LogP contribution in [-0.4, -0.2) is 60.4 Å². The highest BCUT2D eigenvalue weighted by Gasteiger charge is 2.51. The van der Waals surface area contributed by atoms with E-state index in [4.69, 9.17) is 9.47 Å². The van der Waals surface area contributed by atoms with Crippen molar-refractivity contribution in [3.05, 3.63) is 35.5 Å². The first-order chi connectivity index (χ1) is 13.1. The highest BCUT2D eigenvalue weighted by Crippen LogP contribution is 2.44. The molecule has 0 N–H and O–H groups in total. The van der Waals surface area contributed by atoms with Crippen LogP contribution in [0.15, 0.2) is 30.6 Å². The lowest BCUT2D eigenvalue weighted by Crippen LogP contribution is -2.52. The molecule has 146 valence electrons. The maximum Gasteiger partial charge on any atom is 0.213 e. The van der Waals surface area contributed by atoms with Crippen LogP contribution in [0, 0.1) is 0 Å². The molecule has 1 saturated heterocycles. The van der Waals surface area contributed by atoms with Gasteiger partial charge in [-0.25, -0.2) is 9.97 Å². The fourth-order valence-electron chi connectivity index (χ4n) is 4.42. The number of anilines is 1. The summed E-state index contributed by atoms with van der Waals surface area (Å²) in [5, 5.41) is 1.06. The van der Waals surface area contributed by atoms with Crippen LogP contribution in [0.2, 0.25) is 0 Å². The van der Waals surface area contributed by atoms with Gasteiger partial charge in [0.2, 0.25) is 5.88 Å². The van der Waals surface area contributed by atoms with Gasteiger partial charge in [-0.15, -0.1) is 11.3 Å². The summed E-state index contributed by atoms with van der Waals surface area (Å²) >= 11 is 1.77. The minimum atomic E-state index is -0.0426. The number of aromatic nitrogens is 2. The van der Waals surface area contributed by atoms with Crippen LogP contribution in [0.25, 0.3) is 0 Å². The van der Waals surface area contributed by atoms with Gasteiger partial charge in [-0.05, 0) is 25.3 Å². The Bertz CT molecular complexity index is 753. The van der Waals surface area contributed by atoms with Crippen LogP contribution in [0.5, 0.6) is 5.88 Å². The highest BCUT2D eigenvalue weighted by atomic mass is 32.1. The molecule has 2 fully saturated rings. The fraction of sp³-hybridized carbons (Fsp3) is 0.600. The number of ether oxygens (including phenoxy) is 2. The number of likely N-dealkylation sites (tertiary alicyclic amines) is 1. The van der Waals surface area contributed by atoms with E-state index in [-0.39, 0.29) is 11.7 Å². The van der Waals surface area contributed by atoms with Crippen LogP contribution in [0.4, 0.5) is 5.13 Å². The van der Waals surface area contributed by atoms with Gasteiger partial charge >= 0.3 is 0 Å². The van der Waals surface area contributed by atoms with Crippen molar-refractivity contribution in [1.29, 1.82) is 0 Å². The summed E-state index contributed by atoms with van der Waals surface area (Å²) in [5.41, 5.74) is -0.0426. The number of hydrogen-bond acceptors (Lipinski definition) is 7. The first-order valence-corrected chi connectivity index (χ1v) is 10.4. The van der Waals surface area contributed by atoms with Crippen molar-refractivity contribution in [3.63, 3.8) is 0 Å². The molecule has 3 heterocycles. The second-order valence-corrected chi connectivity index (χ2v) is 8.78. The van der Waals surface area contributed by atoms with Gasteiger partial charge in [0.1, 0.15) is 6.10 Å². The maximum atomic E-state index is 6.18. The molecule has 2 aliphatic rings. The van der Waals surface area contributed by atoms with E-state index >= 15 is 0 Å². The number of pyridine rings is 1. The molecule has 4 rings (SSSR count). The predicted molar refractivity (Wildman–Crippen MR) is 108 cm³/mol. The topological polar surface area (TPSA) is 50.7 Å². The Morgan fingerprint density at radius 1 is 1.30 bits per heavy atom. The first kappa shape index (κ1) is 18.7. The fourth-order valence-corrected chi connectivity index (χ4v) is 5.28. The van der Waals surface area contributed by atoms with E-state index in [0.717, 1.165) is 49.8 Å². The molecule has 6 nitrogen and oxygen atoms in total. The molecule has 0 bridgehead atoms. The number of nitrogens with zero attached hydrogens (tertiary/aromatic N) is 4. The Balaban J connectivity index is 1.47. The minimum absolute atomic E-state index is 0.0426. The SMILES string of the molecule is CO[C@@]12CC[C@H](Oc3ccccn3)C[C@@H]1N(Cc1cnc(N(C)C)s1)CC2. The molecule has 0 unspecified atom stereocenters. The largest absolute Gasteiger partial charge is 0.474 e. The molecule has 27 heavy (non-hydrogen) atoms. The van der Waals surface area contributed by atoms with Crippen LogP contribution in [0.3, 0.4) is 0 Å². The van der Waals surface area contributed by atoms with Gasteiger partial charge < -0.3 is 14.4 Å². The molecule has 3 atom stereocenters. The lowest BCUT2D eigenvalue weighted by atomic mass is 9.79. The van der Waals surface area contributed by atoms with Crippen molar-refractivity contribution in [3.8, 4) is 5.88 Å². The van der Waals surface area contributed by atoms with E-state index in [2.05, 4.69) is 19.8 Å². The van der Waals surface area contributed by atoms with Gasteiger partial charge in [0.25, 0.3) is 0 Å². The van der Waals surface area contributed by atoms with E-state index in [0.29, 0.717) is 6.04 Å². The second kappa shape index (κ2) is 7.73. The van der Waals surface area contributed by atoms with E-state index < -0.39 is 0 Å². The number of rotatable bonds is 6. The molecule has 1 aliphatic heterocycles. The van der Waals surface area contributed by atoms with Crippen molar-refractivity contribution in [2.24, 2.45) is 0 Å². The summed E-state index contributed by atoms with van der Waals surface area (Å²) in [6.45, 7) is 1.99. The summed E-state index contributed by atoms with van der Waals surface area (Å²) in [4.78, 5) is 14.8. The Hall–Kier alpha value is -1.70. The summed E-state index contributed by atoms with van der Waals surface area (Å²) in [7, 11) is 5.94. The van der Waals surface area contributed by atoms with E-state index in [1.807, 2.05) is 45.6 Å². The van der Waals surface area contributed by atoms with Crippen molar-refractivity contribution in [2.45, 2.75) is 50.0 Å². The monoisotopic (exact) mass is 388 g/mol. The maximum absolute atomic E-state index is 6.18. The summed E-state index contributed by atoms with van der Waals surface area (Å²) in [5.74, 6) is 0.718. The summed E-state index contributed by atoms with van der Waals surface area (Å²) in [6.07, 6.45) is 8.09. The van der Waals surface area contributed by atoms with Crippen LogP contribution in [0.1, 0.15) is 30.6 Å². The lowest BCUT2D eigenvalue weighted by molar-refractivity contribution is -0.0842. The van der Waals surface area contributed by atoms with Gasteiger partial charge in [0, 0.05) is 70.1 Å². The Labute approximate surface area is 165 Å². The number of fused-ring (bicyclic) bond motifs is 1. The van der Waals surface area contributed by atoms with Crippen LogP contribution < -0.4 is 9.64 Å². The molecular formula is C20H28N4O2S. The normalized spacial score (nSPS) is 28.1. The quantitative estimate of drug-likeness (QED) is 0.757. The highest BCUT2D eigenvalue weighted by molar-refractivity contribution is 7.15. The molecule has 0 aromatic carbocycles. The molecule has 0 amide bonds. The third kappa shape index (κ3) is 3.81. The van der Waals surface area contributed by atoms with Crippen LogP contribution >= 0.6 is 11.3 Å². The van der Waals surface area contributed by atoms with Crippen molar-refractivity contribution < 1.29 is 9.47 Å². The number of hydrogen-bond donors (Lipinski definition) is 0. The number of thiazole rings is 1. The van der Waals surface area contributed by atoms with Crippen molar-refractivity contribution in [2.75, 3.05) is 32.6 Å². The molecule has 1 aliphatic carbocycles. The predicted octanol–water partition coefficient (Wildman–Crippen LogP) is 3.20. The summed E-state index contributed by atoms with van der Waals surface area (Å²) < 4.78 is 12.3. The standard InChI is InChI=1S/C20H28N4O2S/c1-23(2)19-22-13-16(27-19)14-24-11-9-20(25-3)8-7-15(12-17(20)24)26-18-6-4-5-10-21-18/h4-6,10,13,15,17H,7-9,11-12,14H2,1-3H3/t15-,17-,20+/m0/s1. The van der Waals surface area contributed by atoms with Crippen molar-refractivity contribution in [1.82, 2.24) is 14.9 Å². The Morgan fingerprint density at radius 2 is 2.19 bits per heavy atom. The zero-order valence-electron chi connectivity index (χ0n) is 16.3. The zero-order valence-corrected chi connectivity index (χ0v) is 17.1. The molecule has 7 heteroatoms. The van der Waals surface area contributed by atoms with Gasteiger partial charge in [0.05, 0.1) is 5.60 Å². The molecule has 2 aromatic rings. The van der Waals surface area contributed by atoms with Gasteiger partial charge in [0.15, 0.2) is 5.13 Å². The Kier molecular flexibility index (Phi) is 5.34. The average molecular weight is 389 g/mol. The molecule has 1 saturated carbocycles. The van der Waals surface area contributed by atoms with E-state index in [9.17, 15) is 0 Å². The van der Waals surface area contributed by atoms with Crippen molar-refractivity contribution >= 4 is 16.5 Å².